The van der Waals surface area contributed by atoms with Gasteiger partial charge in [-0.2, -0.15) is 0 Å². The van der Waals surface area contributed by atoms with Crippen molar-refractivity contribution in [3.63, 3.8) is 0 Å². The summed E-state index contributed by atoms with van der Waals surface area (Å²) in [4.78, 5) is 13.3. The van der Waals surface area contributed by atoms with Crippen LogP contribution in [0.5, 0.6) is 0 Å². The number of carbonyl (C=O) groups is 1. The third kappa shape index (κ3) is 5.09. The van der Waals surface area contributed by atoms with Gasteiger partial charge in [0.1, 0.15) is 0 Å². The average Bonchev–Trinajstić information content (AvgIpc) is 2.57. The molecule has 7 heteroatoms. The summed E-state index contributed by atoms with van der Waals surface area (Å²) in [6, 6.07) is 14.7. The largest absolute Gasteiger partial charge is 0.326 e. The fourth-order valence-electron chi connectivity index (χ4n) is 2.08. The van der Waals surface area contributed by atoms with E-state index in [2.05, 4.69) is 10.0 Å². The standard InChI is InChI=1S/C17H20N2O3S2/c1-13-8-9-14(12-16(13)24(21,22)18-2)19-17(20)10-11-23-15-6-4-3-5-7-15/h3-9,12,18H,10-11H2,1-2H3,(H,19,20). The second kappa shape index (κ2) is 8.32. The molecule has 0 heterocycles. The van der Waals surface area contributed by atoms with Crippen LogP contribution in [0.25, 0.3) is 0 Å². The van der Waals surface area contributed by atoms with E-state index in [1.165, 1.54) is 13.1 Å². The summed E-state index contributed by atoms with van der Waals surface area (Å²) >= 11 is 1.61. The number of rotatable bonds is 7. The Hall–Kier alpha value is -1.83. The maximum Gasteiger partial charge on any atom is 0.240 e. The Bertz CT molecular complexity index is 806. The molecule has 0 aliphatic heterocycles. The van der Waals surface area contributed by atoms with E-state index in [4.69, 9.17) is 0 Å². The Morgan fingerprint density at radius 3 is 2.50 bits per heavy atom. The van der Waals surface area contributed by atoms with Crippen molar-refractivity contribution in [2.24, 2.45) is 0 Å². The third-order valence-electron chi connectivity index (χ3n) is 3.37. The highest BCUT2D eigenvalue weighted by atomic mass is 32.2. The minimum Gasteiger partial charge on any atom is -0.326 e. The van der Waals surface area contributed by atoms with Crippen molar-refractivity contribution >= 4 is 33.4 Å². The first-order valence-corrected chi connectivity index (χ1v) is 9.91. The first-order chi connectivity index (χ1) is 11.4. The van der Waals surface area contributed by atoms with Gasteiger partial charge in [-0.25, -0.2) is 13.1 Å². The Kier molecular flexibility index (Phi) is 6.42. The molecular weight excluding hydrogens is 344 g/mol. The number of benzene rings is 2. The van der Waals surface area contributed by atoms with E-state index >= 15 is 0 Å². The van der Waals surface area contributed by atoms with Crippen LogP contribution in [0.4, 0.5) is 5.69 Å². The fourth-order valence-corrected chi connectivity index (χ4v) is 3.95. The molecule has 0 unspecified atom stereocenters. The summed E-state index contributed by atoms with van der Waals surface area (Å²) in [5.74, 6) is 0.513. The number of thioether (sulfide) groups is 1. The first-order valence-electron chi connectivity index (χ1n) is 7.44. The molecule has 2 aromatic carbocycles. The van der Waals surface area contributed by atoms with Crippen molar-refractivity contribution in [1.29, 1.82) is 0 Å². The van der Waals surface area contributed by atoms with Gasteiger partial charge in [0, 0.05) is 22.8 Å². The van der Waals surface area contributed by atoms with Gasteiger partial charge in [-0.1, -0.05) is 24.3 Å². The zero-order valence-corrected chi connectivity index (χ0v) is 15.2. The highest BCUT2D eigenvalue weighted by Gasteiger charge is 2.15. The molecular formula is C17H20N2O3S2. The van der Waals surface area contributed by atoms with Gasteiger partial charge in [0.05, 0.1) is 4.90 Å². The predicted octanol–water partition coefficient (Wildman–Crippen LogP) is 3.02. The lowest BCUT2D eigenvalue weighted by molar-refractivity contribution is -0.115. The second-order valence-corrected chi connectivity index (χ2v) is 8.17. The monoisotopic (exact) mass is 364 g/mol. The summed E-state index contributed by atoms with van der Waals surface area (Å²) in [5, 5.41) is 2.75. The first kappa shape index (κ1) is 18.5. The average molecular weight is 364 g/mol. The third-order valence-corrected chi connectivity index (χ3v) is 5.94. The lowest BCUT2D eigenvalue weighted by atomic mass is 10.2. The van der Waals surface area contributed by atoms with Crippen LogP contribution in [0.2, 0.25) is 0 Å². The van der Waals surface area contributed by atoms with Gasteiger partial charge in [-0.15, -0.1) is 11.8 Å². The Morgan fingerprint density at radius 1 is 1.12 bits per heavy atom. The van der Waals surface area contributed by atoms with Gasteiger partial charge in [0.15, 0.2) is 0 Å². The van der Waals surface area contributed by atoms with Crippen LogP contribution in [0.15, 0.2) is 58.3 Å². The van der Waals surface area contributed by atoms with E-state index in [-0.39, 0.29) is 10.8 Å². The molecule has 1 amide bonds. The molecule has 24 heavy (non-hydrogen) atoms. The summed E-state index contributed by atoms with van der Waals surface area (Å²) in [7, 11) is -2.18. The molecule has 0 bridgehead atoms. The summed E-state index contributed by atoms with van der Waals surface area (Å²) < 4.78 is 26.2. The molecule has 0 fully saturated rings. The molecule has 128 valence electrons. The van der Waals surface area contributed by atoms with E-state index in [1.807, 2.05) is 30.3 Å². The second-order valence-electron chi connectivity index (χ2n) is 5.15. The van der Waals surface area contributed by atoms with Crippen LogP contribution < -0.4 is 10.0 Å². The molecule has 0 aliphatic rings. The van der Waals surface area contributed by atoms with E-state index in [9.17, 15) is 13.2 Å². The maximum absolute atomic E-state index is 12.0. The molecule has 5 nitrogen and oxygen atoms in total. The number of amides is 1. The molecule has 2 aromatic rings. The predicted molar refractivity (Wildman–Crippen MR) is 97.8 cm³/mol. The lowest BCUT2D eigenvalue weighted by Crippen LogP contribution is -2.20. The summed E-state index contributed by atoms with van der Waals surface area (Å²) in [6.45, 7) is 1.71. The molecule has 0 saturated heterocycles. The van der Waals surface area contributed by atoms with E-state index in [0.29, 0.717) is 23.4 Å². The molecule has 0 aromatic heterocycles. The van der Waals surface area contributed by atoms with Gasteiger partial charge in [0.2, 0.25) is 15.9 Å². The molecule has 0 aliphatic carbocycles. The zero-order chi connectivity index (χ0) is 17.6. The van der Waals surface area contributed by atoms with Gasteiger partial charge in [-0.3, -0.25) is 4.79 Å². The van der Waals surface area contributed by atoms with Crippen molar-refractivity contribution in [1.82, 2.24) is 4.72 Å². The normalized spacial score (nSPS) is 11.2. The molecule has 0 spiro atoms. The minimum atomic E-state index is -3.55. The highest BCUT2D eigenvalue weighted by Crippen LogP contribution is 2.21. The van der Waals surface area contributed by atoms with Gasteiger partial charge < -0.3 is 5.32 Å². The van der Waals surface area contributed by atoms with Crippen molar-refractivity contribution in [3.05, 3.63) is 54.1 Å². The lowest BCUT2D eigenvalue weighted by Gasteiger charge is -2.10. The van der Waals surface area contributed by atoms with Crippen LogP contribution in [-0.2, 0) is 14.8 Å². The quantitative estimate of drug-likeness (QED) is 0.741. The Labute approximate surface area is 146 Å². The van der Waals surface area contributed by atoms with Crippen molar-refractivity contribution in [3.8, 4) is 0 Å². The maximum atomic E-state index is 12.0. The van der Waals surface area contributed by atoms with E-state index < -0.39 is 10.0 Å². The van der Waals surface area contributed by atoms with Crippen molar-refractivity contribution in [2.45, 2.75) is 23.1 Å². The van der Waals surface area contributed by atoms with Crippen molar-refractivity contribution < 1.29 is 13.2 Å². The van der Waals surface area contributed by atoms with Crippen LogP contribution in [0.3, 0.4) is 0 Å². The molecule has 0 radical (unpaired) electrons. The SMILES string of the molecule is CNS(=O)(=O)c1cc(NC(=O)CCSc2ccccc2)ccc1C. The van der Waals surface area contributed by atoms with Crippen LogP contribution >= 0.6 is 11.8 Å². The minimum absolute atomic E-state index is 0.143. The molecule has 2 N–H and O–H groups in total. The molecule has 0 saturated carbocycles. The van der Waals surface area contributed by atoms with Crippen LogP contribution in [-0.4, -0.2) is 27.1 Å². The number of sulfonamides is 1. The topological polar surface area (TPSA) is 75.3 Å². The van der Waals surface area contributed by atoms with Crippen LogP contribution in [0.1, 0.15) is 12.0 Å². The van der Waals surface area contributed by atoms with Crippen LogP contribution in [0, 0.1) is 6.92 Å². The zero-order valence-electron chi connectivity index (χ0n) is 13.6. The van der Waals surface area contributed by atoms with Gasteiger partial charge in [0.25, 0.3) is 0 Å². The smallest absolute Gasteiger partial charge is 0.240 e. The summed E-state index contributed by atoms with van der Waals surface area (Å²) in [6.07, 6.45) is 0.349. The van der Waals surface area contributed by atoms with E-state index in [0.717, 1.165) is 4.90 Å². The van der Waals surface area contributed by atoms with E-state index in [1.54, 1.807) is 30.8 Å². The van der Waals surface area contributed by atoms with Gasteiger partial charge >= 0.3 is 0 Å². The Morgan fingerprint density at radius 2 is 1.83 bits per heavy atom. The highest BCUT2D eigenvalue weighted by molar-refractivity contribution is 7.99. The molecule has 2 rings (SSSR count). The number of aryl methyl sites for hydroxylation is 1. The number of carbonyl (C=O) groups excluding carboxylic acids is 1. The number of nitrogens with one attached hydrogen (secondary N) is 2. The molecule has 0 atom stereocenters. The van der Waals surface area contributed by atoms with Gasteiger partial charge in [-0.05, 0) is 43.8 Å². The number of hydrogen-bond acceptors (Lipinski definition) is 4. The van der Waals surface area contributed by atoms with Crippen molar-refractivity contribution in [2.75, 3.05) is 18.1 Å². The summed E-state index contributed by atoms with van der Waals surface area (Å²) in [5.41, 5.74) is 1.10. The Balaban J connectivity index is 1.96. The number of anilines is 1. The number of hydrogen-bond donors (Lipinski definition) is 2. The fraction of sp³-hybridized carbons (Fsp3) is 0.235.